The van der Waals surface area contributed by atoms with Crippen LogP contribution in [0.3, 0.4) is 0 Å². The highest BCUT2D eigenvalue weighted by Gasteiger charge is 2.25. The van der Waals surface area contributed by atoms with Crippen LogP contribution >= 0.6 is 0 Å². The van der Waals surface area contributed by atoms with Crippen molar-refractivity contribution in [2.45, 2.75) is 37.8 Å². The summed E-state index contributed by atoms with van der Waals surface area (Å²) >= 11 is 0. The number of hydrogen-bond donors (Lipinski definition) is 2. The normalized spacial score (nSPS) is 20.9. The Labute approximate surface area is 204 Å². The van der Waals surface area contributed by atoms with E-state index in [0.717, 1.165) is 44.3 Å². The third-order valence-corrected chi connectivity index (χ3v) is 6.48. The Balaban J connectivity index is 1.19. The van der Waals surface area contributed by atoms with E-state index in [-0.39, 0.29) is 36.4 Å². The molecule has 2 aliphatic rings. The molecule has 0 atom stereocenters. The zero-order valence-electron chi connectivity index (χ0n) is 20.0. The number of piperazine rings is 1. The van der Waals surface area contributed by atoms with E-state index in [2.05, 4.69) is 35.6 Å². The number of carbonyl (C=O) groups excluding carboxylic acids is 2. The zero-order valence-corrected chi connectivity index (χ0v) is 20.0. The summed E-state index contributed by atoms with van der Waals surface area (Å²) in [5.74, 6) is 0.148. The summed E-state index contributed by atoms with van der Waals surface area (Å²) in [6.07, 6.45) is 5.03. The van der Waals surface area contributed by atoms with Crippen LogP contribution in [0.15, 0.2) is 30.5 Å². The first-order valence-electron chi connectivity index (χ1n) is 12.0. The summed E-state index contributed by atoms with van der Waals surface area (Å²) in [4.78, 5) is 32.7. The van der Waals surface area contributed by atoms with Crippen molar-refractivity contribution in [1.82, 2.24) is 30.7 Å². The molecule has 0 bridgehead atoms. The number of likely N-dealkylation sites (N-methyl/N-ethyl adjacent to an activating group) is 1. The quantitative estimate of drug-likeness (QED) is 0.569. The first-order chi connectivity index (χ1) is 17.0. The van der Waals surface area contributed by atoms with Crippen LogP contribution in [0.5, 0.6) is 0 Å². The van der Waals surface area contributed by atoms with Gasteiger partial charge in [0, 0.05) is 44.8 Å². The molecule has 11 heteroatoms. The molecule has 2 N–H and O–H groups in total. The number of ether oxygens (including phenoxy) is 1. The van der Waals surface area contributed by atoms with Gasteiger partial charge in [0.15, 0.2) is 0 Å². The van der Waals surface area contributed by atoms with Gasteiger partial charge in [-0.1, -0.05) is 0 Å². The van der Waals surface area contributed by atoms with Crippen molar-refractivity contribution in [2.24, 2.45) is 0 Å². The Hall–Kier alpha value is -3.18. The minimum absolute atomic E-state index is 0.0319. The molecule has 0 spiro atoms. The average Bonchev–Trinajstić information content (AvgIpc) is 2.89. The maximum absolute atomic E-state index is 13.2. The van der Waals surface area contributed by atoms with E-state index in [1.807, 2.05) is 0 Å². The smallest absolute Gasteiger partial charge is 0.245 e. The summed E-state index contributed by atoms with van der Waals surface area (Å²) < 4.78 is 18.8. The minimum atomic E-state index is -0.296. The molecule has 2 aromatic rings. The Morgan fingerprint density at radius 2 is 1.77 bits per heavy atom. The maximum atomic E-state index is 13.2. The fourth-order valence-corrected chi connectivity index (χ4v) is 4.41. The van der Waals surface area contributed by atoms with Gasteiger partial charge in [-0.25, -0.2) is 9.37 Å². The molecule has 2 amide bonds. The highest BCUT2D eigenvalue weighted by Crippen LogP contribution is 2.22. The SMILES string of the molecule is CNC(=O)COC1CCC(NC(=O)CN2CCN(c3nncc(-c4ccc(F)cc4)n3)CC2)CC1. The molecule has 1 aromatic carbocycles. The van der Waals surface area contributed by atoms with Gasteiger partial charge in [-0.3, -0.25) is 14.5 Å². The van der Waals surface area contributed by atoms with Gasteiger partial charge in [0.1, 0.15) is 12.4 Å². The topological polar surface area (TPSA) is 113 Å². The van der Waals surface area contributed by atoms with Crippen molar-refractivity contribution in [2.75, 3.05) is 51.3 Å². The Bertz CT molecular complexity index is 991. The van der Waals surface area contributed by atoms with E-state index >= 15 is 0 Å². The highest BCUT2D eigenvalue weighted by molar-refractivity contribution is 5.78. The molecule has 2 fully saturated rings. The lowest BCUT2D eigenvalue weighted by molar-refractivity contribution is -0.128. The fraction of sp³-hybridized carbons (Fsp3) is 0.542. The minimum Gasteiger partial charge on any atom is -0.368 e. The molecule has 1 saturated carbocycles. The van der Waals surface area contributed by atoms with Crippen LogP contribution < -0.4 is 15.5 Å². The van der Waals surface area contributed by atoms with Gasteiger partial charge in [-0.05, 0) is 49.9 Å². The van der Waals surface area contributed by atoms with Crippen LogP contribution in [0.1, 0.15) is 25.7 Å². The van der Waals surface area contributed by atoms with Crippen molar-refractivity contribution < 1.29 is 18.7 Å². The molecule has 0 unspecified atom stereocenters. The van der Waals surface area contributed by atoms with Crippen molar-refractivity contribution in [1.29, 1.82) is 0 Å². The molecule has 0 radical (unpaired) electrons. The molecule has 2 heterocycles. The predicted octanol–water partition coefficient (Wildman–Crippen LogP) is 0.990. The highest BCUT2D eigenvalue weighted by atomic mass is 19.1. The third-order valence-electron chi connectivity index (χ3n) is 6.48. The number of hydrogen-bond acceptors (Lipinski definition) is 8. The number of anilines is 1. The molecule has 188 valence electrons. The lowest BCUT2D eigenvalue weighted by atomic mass is 9.93. The zero-order chi connectivity index (χ0) is 24.6. The van der Waals surface area contributed by atoms with Crippen LogP contribution in [0.4, 0.5) is 10.3 Å². The number of halogens is 1. The Morgan fingerprint density at radius 3 is 2.46 bits per heavy atom. The lowest BCUT2D eigenvalue weighted by Crippen LogP contribution is -2.51. The second-order valence-electron chi connectivity index (χ2n) is 8.94. The maximum Gasteiger partial charge on any atom is 0.245 e. The molecule has 4 rings (SSSR count). The second-order valence-corrected chi connectivity index (χ2v) is 8.94. The summed E-state index contributed by atoms with van der Waals surface area (Å²) in [6, 6.07) is 6.28. The monoisotopic (exact) mass is 485 g/mol. The van der Waals surface area contributed by atoms with E-state index in [1.54, 1.807) is 25.4 Å². The van der Waals surface area contributed by atoms with Crippen molar-refractivity contribution in [3.63, 3.8) is 0 Å². The van der Waals surface area contributed by atoms with Gasteiger partial charge in [0.2, 0.25) is 17.8 Å². The van der Waals surface area contributed by atoms with Crippen molar-refractivity contribution >= 4 is 17.8 Å². The number of nitrogens with one attached hydrogen (secondary N) is 2. The summed E-state index contributed by atoms with van der Waals surface area (Å²) in [5.41, 5.74) is 1.43. The van der Waals surface area contributed by atoms with Gasteiger partial charge in [-0.15, -0.1) is 5.10 Å². The van der Waals surface area contributed by atoms with Crippen molar-refractivity contribution in [3.8, 4) is 11.3 Å². The van der Waals surface area contributed by atoms with Gasteiger partial charge in [0.25, 0.3) is 0 Å². The van der Waals surface area contributed by atoms with Gasteiger partial charge in [-0.2, -0.15) is 5.10 Å². The van der Waals surface area contributed by atoms with Crippen LogP contribution in [-0.2, 0) is 14.3 Å². The van der Waals surface area contributed by atoms with Crippen LogP contribution in [0.25, 0.3) is 11.3 Å². The summed E-state index contributed by atoms with van der Waals surface area (Å²) in [7, 11) is 1.59. The lowest BCUT2D eigenvalue weighted by Gasteiger charge is -2.35. The number of amides is 2. The number of nitrogens with zero attached hydrogens (tertiary/aromatic N) is 5. The molecular weight excluding hydrogens is 453 g/mol. The number of rotatable bonds is 8. The molecule has 1 aliphatic carbocycles. The van der Waals surface area contributed by atoms with Crippen LogP contribution in [0.2, 0.25) is 0 Å². The molecule has 1 saturated heterocycles. The third kappa shape index (κ3) is 7.15. The van der Waals surface area contributed by atoms with Crippen LogP contribution in [-0.4, -0.2) is 90.4 Å². The van der Waals surface area contributed by atoms with Gasteiger partial charge in [0.05, 0.1) is 24.5 Å². The van der Waals surface area contributed by atoms with E-state index < -0.39 is 0 Å². The van der Waals surface area contributed by atoms with E-state index in [0.29, 0.717) is 31.3 Å². The summed E-state index contributed by atoms with van der Waals surface area (Å²) in [6.45, 7) is 3.26. The van der Waals surface area contributed by atoms with E-state index in [1.165, 1.54) is 12.1 Å². The van der Waals surface area contributed by atoms with E-state index in [9.17, 15) is 14.0 Å². The molecule has 10 nitrogen and oxygen atoms in total. The second kappa shape index (κ2) is 12.0. The Morgan fingerprint density at radius 1 is 1.06 bits per heavy atom. The fourth-order valence-electron chi connectivity index (χ4n) is 4.41. The standard InChI is InChI=1S/C24H32FN7O3/c1-26-23(34)16-35-20-8-6-19(7-9-20)28-22(33)15-31-10-12-32(13-11-31)24-29-21(14-27-30-24)17-2-4-18(25)5-3-17/h2-5,14,19-20H,6-13,15-16H2,1H3,(H,26,34)(H,28,33). The number of aromatic nitrogens is 3. The molecular formula is C24H32FN7O3. The van der Waals surface area contributed by atoms with Crippen LogP contribution in [0, 0.1) is 5.82 Å². The first kappa shape index (κ1) is 24.9. The largest absolute Gasteiger partial charge is 0.368 e. The number of carbonyl (C=O) groups is 2. The molecule has 1 aromatic heterocycles. The Kier molecular flexibility index (Phi) is 8.54. The average molecular weight is 486 g/mol. The predicted molar refractivity (Wildman–Crippen MR) is 128 cm³/mol. The van der Waals surface area contributed by atoms with Crippen molar-refractivity contribution in [3.05, 3.63) is 36.3 Å². The van der Waals surface area contributed by atoms with Gasteiger partial charge < -0.3 is 20.3 Å². The summed E-state index contributed by atoms with van der Waals surface area (Å²) in [5, 5.41) is 13.9. The van der Waals surface area contributed by atoms with Gasteiger partial charge >= 0.3 is 0 Å². The first-order valence-corrected chi connectivity index (χ1v) is 12.0. The molecule has 1 aliphatic heterocycles. The van der Waals surface area contributed by atoms with E-state index in [4.69, 9.17) is 4.74 Å². The molecule has 35 heavy (non-hydrogen) atoms. The number of benzene rings is 1.